The van der Waals surface area contributed by atoms with E-state index >= 15 is 0 Å². The van der Waals surface area contributed by atoms with Crippen LogP contribution in [0.3, 0.4) is 0 Å². The Hall–Kier alpha value is -1.36. The maximum absolute atomic E-state index is 12.0. The van der Waals surface area contributed by atoms with Gasteiger partial charge in [-0.1, -0.05) is 6.92 Å². The molecule has 1 aromatic rings. The largest absolute Gasteiger partial charge is 0.396 e. The first-order valence-electron chi connectivity index (χ1n) is 6.14. The molecular formula is C12H19N3O2. The Labute approximate surface area is 100 Å². The van der Waals surface area contributed by atoms with Gasteiger partial charge in [-0.15, -0.1) is 0 Å². The van der Waals surface area contributed by atoms with Gasteiger partial charge in [0.2, 0.25) is 0 Å². The average Bonchev–Trinajstić information content (AvgIpc) is 3.12. The number of anilines is 1. The molecule has 1 unspecified atom stereocenters. The molecule has 1 aliphatic rings. The van der Waals surface area contributed by atoms with Crippen molar-refractivity contribution < 1.29 is 5.11 Å². The maximum Gasteiger partial charge on any atom is 0.293 e. The van der Waals surface area contributed by atoms with Crippen LogP contribution in [0.15, 0.2) is 17.2 Å². The highest BCUT2D eigenvalue weighted by molar-refractivity contribution is 5.31. The number of aliphatic hydroxyl groups excluding tert-OH is 1. The van der Waals surface area contributed by atoms with Crippen LogP contribution >= 0.6 is 0 Å². The van der Waals surface area contributed by atoms with Gasteiger partial charge < -0.3 is 15.0 Å². The zero-order valence-electron chi connectivity index (χ0n) is 10.1. The third-order valence-corrected chi connectivity index (χ3v) is 3.05. The third-order valence-electron chi connectivity index (χ3n) is 3.05. The molecule has 1 heterocycles. The second kappa shape index (κ2) is 5.31. The van der Waals surface area contributed by atoms with Crippen LogP contribution in [-0.2, 0) is 0 Å². The number of hydrogen-bond donors (Lipinski definition) is 2. The van der Waals surface area contributed by atoms with Crippen LogP contribution in [0.4, 0.5) is 5.82 Å². The van der Waals surface area contributed by atoms with Crippen molar-refractivity contribution in [3.8, 4) is 0 Å². The van der Waals surface area contributed by atoms with Gasteiger partial charge in [0.1, 0.15) is 0 Å². The molecule has 2 N–H and O–H groups in total. The van der Waals surface area contributed by atoms with E-state index in [2.05, 4.69) is 10.3 Å². The normalized spacial score (nSPS) is 16.8. The quantitative estimate of drug-likeness (QED) is 0.775. The standard InChI is InChI=1S/C12H19N3O2/c1-9(4-7-16)8-14-11-12(17)15(6-5-13-11)10-2-3-10/h5-6,9-10,16H,2-4,7-8H2,1H3,(H,13,14). The minimum Gasteiger partial charge on any atom is -0.396 e. The second-order valence-electron chi connectivity index (χ2n) is 4.72. The summed E-state index contributed by atoms with van der Waals surface area (Å²) in [5.41, 5.74) is -0.0359. The van der Waals surface area contributed by atoms with Crippen molar-refractivity contribution in [3.63, 3.8) is 0 Å². The van der Waals surface area contributed by atoms with Crippen molar-refractivity contribution in [2.75, 3.05) is 18.5 Å². The zero-order chi connectivity index (χ0) is 12.3. The summed E-state index contributed by atoms with van der Waals surface area (Å²) < 4.78 is 1.76. The van der Waals surface area contributed by atoms with Crippen molar-refractivity contribution in [2.24, 2.45) is 5.92 Å². The van der Waals surface area contributed by atoms with Gasteiger partial charge in [0.05, 0.1) is 0 Å². The van der Waals surface area contributed by atoms with Crippen molar-refractivity contribution in [3.05, 3.63) is 22.7 Å². The molecule has 5 heteroatoms. The van der Waals surface area contributed by atoms with Crippen LogP contribution in [0.2, 0.25) is 0 Å². The number of rotatable bonds is 6. The van der Waals surface area contributed by atoms with E-state index < -0.39 is 0 Å². The summed E-state index contributed by atoms with van der Waals surface area (Å²) in [4.78, 5) is 16.1. The highest BCUT2D eigenvalue weighted by atomic mass is 16.3. The molecule has 5 nitrogen and oxygen atoms in total. The molecule has 0 aromatic carbocycles. The molecule has 1 fully saturated rings. The average molecular weight is 237 g/mol. The van der Waals surface area contributed by atoms with E-state index in [-0.39, 0.29) is 12.2 Å². The van der Waals surface area contributed by atoms with E-state index in [4.69, 9.17) is 5.11 Å². The number of nitrogens with zero attached hydrogens (tertiary/aromatic N) is 2. The SMILES string of the molecule is CC(CCO)CNc1nccn(C2CC2)c1=O. The molecule has 0 radical (unpaired) electrons. The Morgan fingerprint density at radius 2 is 2.41 bits per heavy atom. The highest BCUT2D eigenvalue weighted by Crippen LogP contribution is 2.33. The van der Waals surface area contributed by atoms with Gasteiger partial charge >= 0.3 is 0 Å². The van der Waals surface area contributed by atoms with E-state index in [1.165, 1.54) is 0 Å². The minimum atomic E-state index is -0.0359. The maximum atomic E-state index is 12.0. The molecule has 0 bridgehead atoms. The lowest BCUT2D eigenvalue weighted by Crippen LogP contribution is -2.25. The fraction of sp³-hybridized carbons (Fsp3) is 0.667. The molecule has 1 atom stereocenters. The second-order valence-corrected chi connectivity index (χ2v) is 4.72. The van der Waals surface area contributed by atoms with Gasteiger partial charge in [-0.3, -0.25) is 4.79 Å². The van der Waals surface area contributed by atoms with Crippen LogP contribution in [0.25, 0.3) is 0 Å². The van der Waals surface area contributed by atoms with Crippen LogP contribution in [0.1, 0.15) is 32.2 Å². The minimum absolute atomic E-state index is 0.0359. The first kappa shape index (κ1) is 12.1. The first-order valence-corrected chi connectivity index (χ1v) is 6.14. The summed E-state index contributed by atoms with van der Waals surface area (Å²) in [6, 6.07) is 0.376. The van der Waals surface area contributed by atoms with Gasteiger partial charge in [-0.25, -0.2) is 4.98 Å². The summed E-state index contributed by atoms with van der Waals surface area (Å²) in [5.74, 6) is 0.750. The summed E-state index contributed by atoms with van der Waals surface area (Å²) in [7, 11) is 0. The molecule has 0 amide bonds. The molecule has 0 aliphatic heterocycles. The molecule has 0 spiro atoms. The number of hydrogen-bond acceptors (Lipinski definition) is 4. The first-order chi connectivity index (χ1) is 8.22. The summed E-state index contributed by atoms with van der Waals surface area (Å²) in [6.45, 7) is 2.88. The van der Waals surface area contributed by atoms with Gasteiger partial charge in [0.25, 0.3) is 5.56 Å². The van der Waals surface area contributed by atoms with Crippen LogP contribution in [0.5, 0.6) is 0 Å². The fourth-order valence-corrected chi connectivity index (χ4v) is 1.78. The van der Waals surface area contributed by atoms with Crippen molar-refractivity contribution in [1.82, 2.24) is 9.55 Å². The van der Waals surface area contributed by atoms with Gasteiger partial charge in [-0.2, -0.15) is 0 Å². The van der Waals surface area contributed by atoms with Crippen molar-refractivity contribution >= 4 is 5.82 Å². The van der Waals surface area contributed by atoms with Crippen molar-refractivity contribution in [2.45, 2.75) is 32.2 Å². The predicted molar refractivity (Wildman–Crippen MR) is 66.1 cm³/mol. The third kappa shape index (κ3) is 3.06. The highest BCUT2D eigenvalue weighted by Gasteiger charge is 2.25. The number of nitrogens with one attached hydrogen (secondary N) is 1. The van der Waals surface area contributed by atoms with Crippen LogP contribution < -0.4 is 10.9 Å². The Balaban J connectivity index is 2.01. The lowest BCUT2D eigenvalue weighted by Gasteiger charge is -2.12. The number of aromatic nitrogens is 2. The van der Waals surface area contributed by atoms with Crippen LogP contribution in [-0.4, -0.2) is 27.8 Å². The summed E-state index contributed by atoms with van der Waals surface area (Å²) >= 11 is 0. The Kier molecular flexibility index (Phi) is 3.78. The molecule has 94 valence electrons. The van der Waals surface area contributed by atoms with Crippen molar-refractivity contribution in [1.29, 1.82) is 0 Å². The fourth-order valence-electron chi connectivity index (χ4n) is 1.78. The van der Waals surface area contributed by atoms with Gasteiger partial charge in [0.15, 0.2) is 5.82 Å². The molecule has 2 rings (SSSR count). The lowest BCUT2D eigenvalue weighted by molar-refractivity contribution is 0.266. The van der Waals surface area contributed by atoms with Gasteiger partial charge in [-0.05, 0) is 25.2 Å². The molecule has 17 heavy (non-hydrogen) atoms. The van der Waals surface area contributed by atoms with E-state index in [1.807, 2.05) is 6.92 Å². The molecule has 0 saturated heterocycles. The number of aliphatic hydroxyl groups is 1. The van der Waals surface area contributed by atoms with E-state index in [0.29, 0.717) is 24.3 Å². The predicted octanol–water partition coefficient (Wildman–Crippen LogP) is 1.01. The Morgan fingerprint density at radius 1 is 1.65 bits per heavy atom. The molecular weight excluding hydrogens is 218 g/mol. The zero-order valence-corrected chi connectivity index (χ0v) is 10.1. The monoisotopic (exact) mass is 237 g/mol. The smallest absolute Gasteiger partial charge is 0.293 e. The molecule has 1 aliphatic carbocycles. The summed E-state index contributed by atoms with van der Waals surface area (Å²) in [5, 5.41) is 11.9. The Morgan fingerprint density at radius 3 is 3.06 bits per heavy atom. The van der Waals surface area contributed by atoms with E-state index in [0.717, 1.165) is 19.3 Å². The topological polar surface area (TPSA) is 67.2 Å². The van der Waals surface area contributed by atoms with E-state index in [1.54, 1.807) is 17.0 Å². The van der Waals surface area contributed by atoms with Crippen LogP contribution in [0, 0.1) is 5.92 Å². The molecule has 1 aromatic heterocycles. The summed E-state index contributed by atoms with van der Waals surface area (Å²) in [6.07, 6.45) is 6.33. The Bertz CT molecular complexity index is 426. The lowest BCUT2D eigenvalue weighted by atomic mass is 10.1. The van der Waals surface area contributed by atoms with E-state index in [9.17, 15) is 4.79 Å². The molecule has 1 saturated carbocycles. The van der Waals surface area contributed by atoms with Gasteiger partial charge in [0, 0.05) is 31.6 Å².